The lowest BCUT2D eigenvalue weighted by molar-refractivity contribution is 0.463. The molecule has 0 saturated heterocycles. The molecule has 0 atom stereocenters. The summed E-state index contributed by atoms with van der Waals surface area (Å²) in [6.45, 7) is 15.9. The van der Waals surface area contributed by atoms with Gasteiger partial charge >= 0.3 is 0 Å². The van der Waals surface area contributed by atoms with Gasteiger partial charge < -0.3 is 5.11 Å². The molecular weight excluding hydrogens is 400 g/mol. The van der Waals surface area contributed by atoms with E-state index in [-0.39, 0.29) is 10.8 Å². The molecule has 0 aliphatic rings. The summed E-state index contributed by atoms with van der Waals surface area (Å²) < 4.78 is 0. The third kappa shape index (κ3) is 12.9. The number of benzene rings is 1. The Kier molecular flexibility index (Phi) is 14.4. The van der Waals surface area contributed by atoms with E-state index in [9.17, 15) is 5.11 Å². The van der Waals surface area contributed by atoms with Crippen LogP contribution in [-0.2, 0) is 17.3 Å². The minimum Gasteiger partial charge on any atom is -0.508 e. The van der Waals surface area contributed by atoms with Gasteiger partial charge in [0.15, 0.2) is 0 Å². The SMILES string of the molecule is CCCCCCCCCCCCCCCCCCc1c(C(C)(C)C)cc(O)cc1C(C)(C)C. The van der Waals surface area contributed by atoms with Crippen LogP contribution in [0.4, 0.5) is 0 Å². The van der Waals surface area contributed by atoms with Crippen molar-refractivity contribution in [1.82, 2.24) is 0 Å². The van der Waals surface area contributed by atoms with Gasteiger partial charge in [0.2, 0.25) is 0 Å². The molecule has 1 N–H and O–H groups in total. The van der Waals surface area contributed by atoms with Crippen molar-refractivity contribution in [1.29, 1.82) is 0 Å². The van der Waals surface area contributed by atoms with Gasteiger partial charge in [-0.2, -0.15) is 0 Å². The van der Waals surface area contributed by atoms with Crippen LogP contribution in [0.25, 0.3) is 0 Å². The summed E-state index contributed by atoms with van der Waals surface area (Å²) in [5, 5.41) is 10.4. The zero-order chi connectivity index (χ0) is 24.7. The zero-order valence-electron chi connectivity index (χ0n) is 23.6. The Hall–Kier alpha value is -0.980. The van der Waals surface area contributed by atoms with Crippen molar-refractivity contribution in [3.63, 3.8) is 0 Å². The van der Waals surface area contributed by atoms with Gasteiger partial charge in [-0.05, 0) is 52.5 Å². The second-order valence-corrected chi connectivity index (χ2v) is 12.6. The number of hydrogen-bond acceptors (Lipinski definition) is 1. The molecule has 0 aromatic heterocycles. The molecule has 192 valence electrons. The first-order valence-corrected chi connectivity index (χ1v) is 14.4. The standard InChI is InChI=1S/C32H58O/c1-8-9-10-11-12-13-14-15-16-17-18-19-20-21-22-23-24-28-29(31(2,3)4)25-27(33)26-30(28)32(5,6)7/h25-26,33H,8-24H2,1-7H3. The van der Waals surface area contributed by atoms with Crippen molar-refractivity contribution >= 4 is 0 Å². The number of hydrogen-bond donors (Lipinski definition) is 1. The highest BCUT2D eigenvalue weighted by Crippen LogP contribution is 2.38. The highest BCUT2D eigenvalue weighted by atomic mass is 16.3. The average Bonchev–Trinajstić information content (AvgIpc) is 2.72. The Morgan fingerprint density at radius 2 is 0.818 bits per heavy atom. The summed E-state index contributed by atoms with van der Waals surface area (Å²) in [6.07, 6.45) is 23.7. The van der Waals surface area contributed by atoms with Crippen LogP contribution >= 0.6 is 0 Å². The number of unbranched alkanes of at least 4 members (excludes halogenated alkanes) is 15. The smallest absolute Gasteiger partial charge is 0.116 e. The van der Waals surface area contributed by atoms with Crippen molar-refractivity contribution in [2.24, 2.45) is 0 Å². The molecule has 0 fully saturated rings. The Balaban J connectivity index is 2.24. The van der Waals surface area contributed by atoms with Crippen LogP contribution in [0.5, 0.6) is 5.75 Å². The van der Waals surface area contributed by atoms with Gasteiger partial charge in [0.1, 0.15) is 5.75 Å². The first-order valence-electron chi connectivity index (χ1n) is 14.4. The van der Waals surface area contributed by atoms with Crippen LogP contribution < -0.4 is 0 Å². The van der Waals surface area contributed by atoms with E-state index in [1.165, 1.54) is 119 Å². The summed E-state index contributed by atoms with van der Waals surface area (Å²) in [5.74, 6) is 0.417. The van der Waals surface area contributed by atoms with Gasteiger partial charge in [-0.25, -0.2) is 0 Å². The van der Waals surface area contributed by atoms with Gasteiger partial charge in [0, 0.05) is 0 Å². The monoisotopic (exact) mass is 458 g/mol. The minimum absolute atomic E-state index is 0.0587. The van der Waals surface area contributed by atoms with E-state index in [0.717, 1.165) is 6.42 Å². The summed E-state index contributed by atoms with van der Waals surface area (Å²) in [7, 11) is 0. The molecule has 0 aliphatic heterocycles. The summed E-state index contributed by atoms with van der Waals surface area (Å²) in [6, 6.07) is 4.02. The average molecular weight is 459 g/mol. The number of aromatic hydroxyl groups is 1. The molecule has 0 heterocycles. The van der Waals surface area contributed by atoms with Crippen molar-refractivity contribution in [2.75, 3.05) is 0 Å². The normalized spacial score (nSPS) is 12.5. The van der Waals surface area contributed by atoms with Crippen molar-refractivity contribution < 1.29 is 5.11 Å². The van der Waals surface area contributed by atoms with Gasteiger partial charge in [0.25, 0.3) is 0 Å². The molecule has 0 radical (unpaired) electrons. The van der Waals surface area contributed by atoms with Crippen LogP contribution in [0.1, 0.15) is 168 Å². The van der Waals surface area contributed by atoms with Crippen LogP contribution in [-0.4, -0.2) is 5.11 Å². The van der Waals surface area contributed by atoms with E-state index in [1.54, 1.807) is 0 Å². The quantitative estimate of drug-likeness (QED) is 0.230. The lowest BCUT2D eigenvalue weighted by Gasteiger charge is -2.30. The third-order valence-corrected chi connectivity index (χ3v) is 7.13. The third-order valence-electron chi connectivity index (χ3n) is 7.13. The van der Waals surface area contributed by atoms with Crippen LogP contribution in [0, 0.1) is 0 Å². The van der Waals surface area contributed by atoms with Crippen LogP contribution in [0.2, 0.25) is 0 Å². The molecule has 0 aliphatic carbocycles. The number of phenols is 1. The number of phenolic OH excluding ortho intramolecular Hbond substituents is 1. The fourth-order valence-corrected chi connectivity index (χ4v) is 5.11. The fourth-order valence-electron chi connectivity index (χ4n) is 5.11. The maximum atomic E-state index is 10.4. The Morgan fingerprint density at radius 1 is 0.515 bits per heavy atom. The fraction of sp³-hybridized carbons (Fsp3) is 0.812. The van der Waals surface area contributed by atoms with E-state index >= 15 is 0 Å². The molecule has 1 heteroatoms. The predicted octanol–water partition coefficient (Wildman–Crippen LogP) is 10.8. The second-order valence-electron chi connectivity index (χ2n) is 12.6. The molecule has 0 saturated carbocycles. The van der Waals surface area contributed by atoms with Gasteiger partial charge in [-0.1, -0.05) is 145 Å². The molecule has 1 rings (SSSR count). The maximum Gasteiger partial charge on any atom is 0.116 e. The van der Waals surface area contributed by atoms with Gasteiger partial charge in [0.05, 0.1) is 0 Å². The first-order chi connectivity index (χ1) is 15.6. The topological polar surface area (TPSA) is 20.2 Å². The molecule has 1 aromatic rings. The second kappa shape index (κ2) is 15.8. The minimum atomic E-state index is 0.0587. The van der Waals surface area contributed by atoms with Crippen molar-refractivity contribution in [3.8, 4) is 5.75 Å². The molecule has 1 aromatic carbocycles. The molecule has 0 bridgehead atoms. The molecular formula is C32H58O. The van der Waals surface area contributed by atoms with Gasteiger partial charge in [-0.15, -0.1) is 0 Å². The van der Waals surface area contributed by atoms with E-state index in [2.05, 4.69) is 48.5 Å². The highest BCUT2D eigenvalue weighted by Gasteiger charge is 2.26. The Bertz CT molecular complexity index is 594. The van der Waals surface area contributed by atoms with Crippen molar-refractivity contribution in [2.45, 2.75) is 168 Å². The Morgan fingerprint density at radius 3 is 1.12 bits per heavy atom. The lowest BCUT2D eigenvalue weighted by atomic mass is 9.75. The first kappa shape index (κ1) is 30.1. The van der Waals surface area contributed by atoms with E-state index in [1.807, 2.05) is 12.1 Å². The maximum absolute atomic E-state index is 10.4. The van der Waals surface area contributed by atoms with Crippen LogP contribution in [0.3, 0.4) is 0 Å². The van der Waals surface area contributed by atoms with Gasteiger partial charge in [-0.3, -0.25) is 0 Å². The molecule has 0 spiro atoms. The lowest BCUT2D eigenvalue weighted by Crippen LogP contribution is -2.21. The number of rotatable bonds is 17. The highest BCUT2D eigenvalue weighted by molar-refractivity contribution is 5.47. The van der Waals surface area contributed by atoms with E-state index in [4.69, 9.17) is 0 Å². The molecule has 0 unspecified atom stereocenters. The van der Waals surface area contributed by atoms with Crippen LogP contribution in [0.15, 0.2) is 12.1 Å². The summed E-state index contributed by atoms with van der Waals surface area (Å²) in [5.41, 5.74) is 4.26. The van der Waals surface area contributed by atoms with E-state index in [0.29, 0.717) is 5.75 Å². The van der Waals surface area contributed by atoms with Crippen molar-refractivity contribution in [3.05, 3.63) is 28.8 Å². The molecule has 33 heavy (non-hydrogen) atoms. The molecule has 1 nitrogen and oxygen atoms in total. The van der Waals surface area contributed by atoms with E-state index < -0.39 is 0 Å². The zero-order valence-corrected chi connectivity index (χ0v) is 23.6. The molecule has 0 amide bonds. The predicted molar refractivity (Wildman–Crippen MR) is 149 cm³/mol. The summed E-state index contributed by atoms with van der Waals surface area (Å²) in [4.78, 5) is 0. The summed E-state index contributed by atoms with van der Waals surface area (Å²) >= 11 is 0. The Labute approximate surface area is 208 Å². The largest absolute Gasteiger partial charge is 0.508 e.